The van der Waals surface area contributed by atoms with E-state index in [4.69, 9.17) is 4.74 Å². The Labute approximate surface area is 158 Å². The standard InChI is InChI=1S/C22H22N2O3/c1-16-7-5-10-18(13-16)27-15-22(26)24(2)14-21(25)23-20-12-6-9-17-8-3-4-11-19(17)20/h3-13H,14-15H2,1-2H3,(H,23,25). The van der Waals surface area contributed by atoms with Crippen molar-refractivity contribution in [3.05, 3.63) is 72.3 Å². The van der Waals surface area contributed by atoms with Crippen molar-refractivity contribution in [1.82, 2.24) is 4.90 Å². The number of likely N-dealkylation sites (N-methyl/N-ethyl adjacent to an activating group) is 1. The van der Waals surface area contributed by atoms with E-state index in [1.165, 1.54) is 4.90 Å². The lowest BCUT2D eigenvalue weighted by atomic mass is 10.1. The van der Waals surface area contributed by atoms with E-state index in [2.05, 4.69) is 5.32 Å². The summed E-state index contributed by atoms with van der Waals surface area (Å²) in [5.41, 5.74) is 1.79. The number of nitrogens with one attached hydrogen (secondary N) is 1. The van der Waals surface area contributed by atoms with E-state index in [1.54, 1.807) is 13.1 Å². The molecule has 0 saturated heterocycles. The molecule has 0 aliphatic carbocycles. The summed E-state index contributed by atoms with van der Waals surface area (Å²) in [4.78, 5) is 25.9. The number of anilines is 1. The number of carbonyl (C=O) groups excluding carboxylic acids is 2. The van der Waals surface area contributed by atoms with E-state index >= 15 is 0 Å². The van der Waals surface area contributed by atoms with Crippen molar-refractivity contribution >= 4 is 28.3 Å². The molecular formula is C22H22N2O3. The second kappa shape index (κ2) is 8.36. The van der Waals surface area contributed by atoms with Crippen LogP contribution in [0.5, 0.6) is 5.75 Å². The first-order valence-electron chi connectivity index (χ1n) is 8.74. The Balaban J connectivity index is 1.56. The molecule has 3 rings (SSSR count). The zero-order valence-corrected chi connectivity index (χ0v) is 15.4. The molecule has 2 amide bonds. The average molecular weight is 362 g/mol. The Morgan fingerprint density at radius 3 is 2.56 bits per heavy atom. The molecule has 0 aromatic heterocycles. The van der Waals surface area contributed by atoms with Crippen LogP contribution in [0.1, 0.15) is 5.56 Å². The summed E-state index contributed by atoms with van der Waals surface area (Å²) in [6, 6.07) is 21.0. The third-order valence-corrected chi connectivity index (χ3v) is 4.22. The number of carbonyl (C=O) groups is 2. The summed E-state index contributed by atoms with van der Waals surface area (Å²) < 4.78 is 5.50. The number of rotatable bonds is 6. The van der Waals surface area contributed by atoms with Crippen molar-refractivity contribution in [2.75, 3.05) is 25.5 Å². The molecule has 138 valence electrons. The average Bonchev–Trinajstić information content (AvgIpc) is 2.66. The monoisotopic (exact) mass is 362 g/mol. The molecule has 0 radical (unpaired) electrons. The molecule has 0 bridgehead atoms. The van der Waals surface area contributed by atoms with Crippen LogP contribution in [0.15, 0.2) is 66.7 Å². The van der Waals surface area contributed by atoms with Crippen molar-refractivity contribution in [1.29, 1.82) is 0 Å². The fourth-order valence-corrected chi connectivity index (χ4v) is 2.79. The van der Waals surface area contributed by atoms with Gasteiger partial charge in [0.15, 0.2) is 6.61 Å². The summed E-state index contributed by atoms with van der Waals surface area (Å²) >= 11 is 0. The predicted octanol–water partition coefficient (Wildman–Crippen LogP) is 3.62. The highest BCUT2D eigenvalue weighted by Gasteiger charge is 2.14. The van der Waals surface area contributed by atoms with Gasteiger partial charge in [0.1, 0.15) is 5.75 Å². The van der Waals surface area contributed by atoms with Crippen LogP contribution >= 0.6 is 0 Å². The van der Waals surface area contributed by atoms with E-state index in [9.17, 15) is 9.59 Å². The van der Waals surface area contributed by atoms with Crippen LogP contribution < -0.4 is 10.1 Å². The first-order valence-corrected chi connectivity index (χ1v) is 8.74. The van der Waals surface area contributed by atoms with Crippen molar-refractivity contribution < 1.29 is 14.3 Å². The van der Waals surface area contributed by atoms with Crippen LogP contribution in [0.4, 0.5) is 5.69 Å². The first kappa shape index (κ1) is 18.5. The molecule has 0 unspecified atom stereocenters. The third kappa shape index (κ3) is 4.85. The summed E-state index contributed by atoms with van der Waals surface area (Å²) in [7, 11) is 1.59. The molecule has 0 spiro atoms. The second-order valence-electron chi connectivity index (χ2n) is 6.43. The van der Waals surface area contributed by atoms with Crippen molar-refractivity contribution in [2.45, 2.75) is 6.92 Å². The molecule has 5 nitrogen and oxygen atoms in total. The van der Waals surface area contributed by atoms with Gasteiger partial charge in [0.25, 0.3) is 5.91 Å². The van der Waals surface area contributed by atoms with E-state index in [-0.39, 0.29) is 25.0 Å². The van der Waals surface area contributed by atoms with Crippen molar-refractivity contribution in [3.63, 3.8) is 0 Å². The molecule has 1 N–H and O–H groups in total. The fourth-order valence-electron chi connectivity index (χ4n) is 2.79. The Hall–Kier alpha value is -3.34. The number of nitrogens with zero attached hydrogens (tertiary/aromatic N) is 1. The summed E-state index contributed by atoms with van der Waals surface area (Å²) in [5.74, 6) is 0.124. The van der Waals surface area contributed by atoms with Gasteiger partial charge in [-0.25, -0.2) is 0 Å². The van der Waals surface area contributed by atoms with Gasteiger partial charge in [-0.15, -0.1) is 0 Å². The molecule has 3 aromatic carbocycles. The van der Waals surface area contributed by atoms with Gasteiger partial charge in [-0.05, 0) is 36.1 Å². The van der Waals surface area contributed by atoms with Crippen LogP contribution in [0.3, 0.4) is 0 Å². The van der Waals surface area contributed by atoms with Crippen LogP contribution in [-0.2, 0) is 9.59 Å². The van der Waals surface area contributed by atoms with Gasteiger partial charge >= 0.3 is 0 Å². The minimum atomic E-state index is -0.260. The van der Waals surface area contributed by atoms with Crippen LogP contribution in [-0.4, -0.2) is 36.9 Å². The molecule has 0 atom stereocenters. The largest absolute Gasteiger partial charge is 0.484 e. The maximum atomic E-state index is 12.3. The van der Waals surface area contributed by atoms with E-state index in [0.29, 0.717) is 5.75 Å². The van der Waals surface area contributed by atoms with Crippen LogP contribution in [0.25, 0.3) is 10.8 Å². The maximum absolute atomic E-state index is 12.3. The lowest BCUT2D eigenvalue weighted by molar-refractivity contribution is -0.135. The Bertz CT molecular complexity index is 963. The molecule has 5 heteroatoms. The van der Waals surface area contributed by atoms with Gasteiger partial charge in [0, 0.05) is 18.1 Å². The quantitative estimate of drug-likeness (QED) is 0.729. The third-order valence-electron chi connectivity index (χ3n) is 4.22. The highest BCUT2D eigenvalue weighted by molar-refractivity contribution is 6.03. The Kier molecular flexibility index (Phi) is 5.71. The summed E-state index contributed by atoms with van der Waals surface area (Å²) in [5, 5.41) is 4.89. The number of amides is 2. The molecule has 0 aliphatic heterocycles. The second-order valence-corrected chi connectivity index (χ2v) is 6.43. The number of hydrogen-bond donors (Lipinski definition) is 1. The normalized spacial score (nSPS) is 10.4. The highest BCUT2D eigenvalue weighted by atomic mass is 16.5. The van der Waals surface area contributed by atoms with Gasteiger partial charge in [-0.3, -0.25) is 9.59 Å². The van der Waals surface area contributed by atoms with Crippen molar-refractivity contribution in [2.24, 2.45) is 0 Å². The lowest BCUT2D eigenvalue weighted by Gasteiger charge is -2.17. The zero-order chi connectivity index (χ0) is 19.2. The van der Waals surface area contributed by atoms with E-state index < -0.39 is 0 Å². The fraction of sp³-hybridized carbons (Fsp3) is 0.182. The van der Waals surface area contributed by atoms with Gasteiger partial charge in [0.2, 0.25) is 5.91 Å². The minimum absolute atomic E-state index is 0.0424. The predicted molar refractivity (Wildman–Crippen MR) is 107 cm³/mol. The number of hydrogen-bond acceptors (Lipinski definition) is 3. The highest BCUT2D eigenvalue weighted by Crippen LogP contribution is 2.22. The summed E-state index contributed by atoms with van der Waals surface area (Å²) in [6.07, 6.45) is 0. The Morgan fingerprint density at radius 2 is 1.74 bits per heavy atom. The van der Waals surface area contributed by atoms with E-state index in [0.717, 1.165) is 22.0 Å². The molecule has 3 aromatic rings. The lowest BCUT2D eigenvalue weighted by Crippen LogP contribution is -2.37. The smallest absolute Gasteiger partial charge is 0.260 e. The SMILES string of the molecule is Cc1cccc(OCC(=O)N(C)CC(=O)Nc2cccc3ccccc23)c1. The van der Waals surface area contributed by atoms with Gasteiger partial charge in [0.05, 0.1) is 6.54 Å². The van der Waals surface area contributed by atoms with Gasteiger partial charge < -0.3 is 15.0 Å². The zero-order valence-electron chi connectivity index (χ0n) is 15.4. The summed E-state index contributed by atoms with van der Waals surface area (Å²) in [6.45, 7) is 1.80. The van der Waals surface area contributed by atoms with Crippen LogP contribution in [0, 0.1) is 6.92 Å². The van der Waals surface area contributed by atoms with Crippen molar-refractivity contribution in [3.8, 4) is 5.75 Å². The molecule has 0 heterocycles. The number of aryl methyl sites for hydroxylation is 1. The number of ether oxygens (including phenoxy) is 1. The van der Waals surface area contributed by atoms with E-state index in [1.807, 2.05) is 67.6 Å². The van der Waals surface area contributed by atoms with Gasteiger partial charge in [-0.1, -0.05) is 48.5 Å². The van der Waals surface area contributed by atoms with Crippen LogP contribution in [0.2, 0.25) is 0 Å². The molecule has 27 heavy (non-hydrogen) atoms. The number of fused-ring (bicyclic) bond motifs is 1. The first-order chi connectivity index (χ1) is 13.0. The van der Waals surface area contributed by atoms with Gasteiger partial charge in [-0.2, -0.15) is 0 Å². The Morgan fingerprint density at radius 1 is 1.00 bits per heavy atom. The molecule has 0 aliphatic rings. The minimum Gasteiger partial charge on any atom is -0.484 e. The molecular weight excluding hydrogens is 340 g/mol. The topological polar surface area (TPSA) is 58.6 Å². The maximum Gasteiger partial charge on any atom is 0.260 e. The molecule has 0 saturated carbocycles. The number of benzene rings is 3. The molecule has 0 fully saturated rings.